The van der Waals surface area contributed by atoms with Crippen molar-refractivity contribution in [2.24, 2.45) is 0 Å². The molecule has 2 aromatic heterocycles. The molecule has 2 aromatic rings. The van der Waals surface area contributed by atoms with Crippen LogP contribution in [-0.4, -0.2) is 33.5 Å². The second kappa shape index (κ2) is 5.32. The Balaban J connectivity index is 2.10. The number of hydrogen-bond acceptors (Lipinski definition) is 6. The predicted octanol–water partition coefficient (Wildman–Crippen LogP) is 1.68. The lowest BCUT2D eigenvalue weighted by molar-refractivity contribution is -0.391. The molecule has 0 unspecified atom stereocenters. The van der Waals surface area contributed by atoms with Crippen LogP contribution in [0.2, 0.25) is 0 Å². The summed E-state index contributed by atoms with van der Waals surface area (Å²) >= 11 is 1.34. The molecule has 0 spiro atoms. The first-order valence-corrected chi connectivity index (χ1v) is 6.43. The van der Waals surface area contributed by atoms with Crippen LogP contribution >= 0.6 is 11.3 Å². The van der Waals surface area contributed by atoms with Crippen molar-refractivity contribution in [2.45, 2.75) is 19.9 Å². The number of rotatable bonds is 6. The van der Waals surface area contributed by atoms with Crippen LogP contribution in [0.3, 0.4) is 0 Å². The van der Waals surface area contributed by atoms with Crippen molar-refractivity contribution in [3.63, 3.8) is 0 Å². The minimum Gasteiger partial charge on any atom is -0.470 e. The number of nitrogens with one attached hydrogen (secondary N) is 1. The lowest BCUT2D eigenvalue weighted by Crippen LogP contribution is -2.27. The first-order valence-electron chi connectivity index (χ1n) is 5.55. The van der Waals surface area contributed by atoms with Crippen LogP contribution in [0.15, 0.2) is 11.6 Å². The van der Waals surface area contributed by atoms with Gasteiger partial charge in [-0.2, -0.15) is 9.38 Å². The van der Waals surface area contributed by atoms with Crippen LogP contribution in [0.1, 0.15) is 13.8 Å². The number of nitrogens with zero attached hydrogens (tertiary/aromatic N) is 3. The van der Waals surface area contributed by atoms with Crippen molar-refractivity contribution in [1.29, 1.82) is 0 Å². The minimum absolute atomic E-state index is 0.0809. The molecule has 0 atom stereocenters. The van der Waals surface area contributed by atoms with E-state index in [1.807, 2.05) is 13.8 Å². The zero-order chi connectivity index (χ0) is 13.1. The summed E-state index contributed by atoms with van der Waals surface area (Å²) < 4.78 is 6.79. The molecule has 0 aromatic carbocycles. The molecule has 2 heterocycles. The van der Waals surface area contributed by atoms with E-state index in [0.29, 0.717) is 24.2 Å². The first kappa shape index (κ1) is 12.8. The van der Waals surface area contributed by atoms with Crippen LogP contribution in [0.4, 0.5) is 5.82 Å². The average Bonchev–Trinajstić information content (AvgIpc) is 2.82. The van der Waals surface area contributed by atoms with Gasteiger partial charge in [0, 0.05) is 18.0 Å². The van der Waals surface area contributed by atoms with E-state index in [0.717, 1.165) is 0 Å². The van der Waals surface area contributed by atoms with Crippen molar-refractivity contribution in [1.82, 2.24) is 14.7 Å². The summed E-state index contributed by atoms with van der Waals surface area (Å²) in [5.41, 5.74) is 0. The van der Waals surface area contributed by atoms with Gasteiger partial charge in [-0.05, 0) is 4.92 Å². The number of aromatic nitrogens is 2. The predicted molar refractivity (Wildman–Crippen MR) is 68.4 cm³/mol. The molecule has 8 heteroatoms. The lowest BCUT2D eigenvalue weighted by atomic mass is 10.4. The Morgan fingerprint density at radius 2 is 2.44 bits per heavy atom. The van der Waals surface area contributed by atoms with Crippen LogP contribution < -0.4 is 10.1 Å². The summed E-state index contributed by atoms with van der Waals surface area (Å²) in [6.07, 6.45) is 1.62. The molecule has 0 saturated heterocycles. The molecule has 0 fully saturated rings. The van der Waals surface area contributed by atoms with Gasteiger partial charge in [0.25, 0.3) is 4.96 Å². The van der Waals surface area contributed by atoms with Crippen LogP contribution in [0, 0.1) is 10.1 Å². The van der Waals surface area contributed by atoms with Crippen molar-refractivity contribution in [3.8, 4) is 5.88 Å². The number of imidazole rings is 1. The Hall–Kier alpha value is -1.67. The Bertz CT molecular complexity index is 548. The number of thiazole rings is 1. The molecular formula is C10H14N4O3S. The maximum Gasteiger partial charge on any atom is 0.393 e. The quantitative estimate of drug-likeness (QED) is 0.490. The van der Waals surface area contributed by atoms with E-state index in [4.69, 9.17) is 4.74 Å². The van der Waals surface area contributed by atoms with Gasteiger partial charge in [0.05, 0.1) is 0 Å². The normalized spacial score (nSPS) is 11.3. The van der Waals surface area contributed by atoms with E-state index in [-0.39, 0.29) is 11.7 Å². The van der Waals surface area contributed by atoms with Gasteiger partial charge in [-0.15, -0.1) is 0 Å². The fourth-order valence-electron chi connectivity index (χ4n) is 1.51. The molecule has 0 bridgehead atoms. The van der Waals surface area contributed by atoms with E-state index in [9.17, 15) is 10.1 Å². The fourth-order valence-corrected chi connectivity index (χ4v) is 2.21. The third kappa shape index (κ3) is 2.59. The Morgan fingerprint density at radius 1 is 1.67 bits per heavy atom. The maximum absolute atomic E-state index is 11.0. The molecule has 1 N–H and O–H groups in total. The molecule has 0 aliphatic rings. The highest BCUT2D eigenvalue weighted by Crippen LogP contribution is 2.29. The summed E-state index contributed by atoms with van der Waals surface area (Å²) in [6, 6.07) is 0.356. The van der Waals surface area contributed by atoms with Crippen molar-refractivity contribution < 1.29 is 9.66 Å². The molecule has 0 saturated carbocycles. The van der Waals surface area contributed by atoms with E-state index >= 15 is 0 Å². The molecule has 0 radical (unpaired) electrons. The standard InChI is InChI=1S/C10H14N4O3S/c1-7(2)11-3-5-17-8-9(14(15)16)13-4-6-18-10(13)12-8/h4,6-7,11H,3,5H2,1-2H3. The van der Waals surface area contributed by atoms with Gasteiger partial charge in [0.2, 0.25) is 0 Å². The molecule has 0 aliphatic heterocycles. The van der Waals surface area contributed by atoms with Gasteiger partial charge in [0.15, 0.2) is 0 Å². The van der Waals surface area contributed by atoms with Crippen LogP contribution in [-0.2, 0) is 0 Å². The Labute approximate surface area is 108 Å². The Kier molecular flexibility index (Phi) is 3.78. The summed E-state index contributed by atoms with van der Waals surface area (Å²) in [7, 11) is 0. The van der Waals surface area contributed by atoms with Gasteiger partial charge >= 0.3 is 11.7 Å². The average molecular weight is 270 g/mol. The highest BCUT2D eigenvalue weighted by molar-refractivity contribution is 7.15. The van der Waals surface area contributed by atoms with E-state index in [1.165, 1.54) is 15.7 Å². The van der Waals surface area contributed by atoms with Crippen molar-refractivity contribution in [2.75, 3.05) is 13.2 Å². The lowest BCUT2D eigenvalue weighted by Gasteiger charge is -2.07. The topological polar surface area (TPSA) is 81.7 Å². The molecule has 2 rings (SSSR count). The van der Waals surface area contributed by atoms with Crippen LogP contribution in [0.5, 0.6) is 5.88 Å². The molecule has 98 valence electrons. The smallest absolute Gasteiger partial charge is 0.393 e. The highest BCUT2D eigenvalue weighted by Gasteiger charge is 2.24. The molecule has 7 nitrogen and oxygen atoms in total. The molecule has 0 amide bonds. The van der Waals surface area contributed by atoms with Crippen molar-refractivity contribution >= 4 is 22.1 Å². The molecular weight excluding hydrogens is 256 g/mol. The molecule has 0 aliphatic carbocycles. The van der Waals surface area contributed by atoms with Gasteiger partial charge in [-0.3, -0.25) is 0 Å². The number of fused-ring (bicyclic) bond motifs is 1. The largest absolute Gasteiger partial charge is 0.470 e. The van der Waals surface area contributed by atoms with Gasteiger partial charge in [0.1, 0.15) is 12.8 Å². The second-order valence-corrected chi connectivity index (χ2v) is 4.88. The number of nitro groups is 1. The van der Waals surface area contributed by atoms with E-state index in [1.54, 1.807) is 11.6 Å². The zero-order valence-corrected chi connectivity index (χ0v) is 10.9. The summed E-state index contributed by atoms with van der Waals surface area (Å²) in [5, 5.41) is 15.9. The maximum atomic E-state index is 11.0. The molecule has 18 heavy (non-hydrogen) atoms. The zero-order valence-electron chi connectivity index (χ0n) is 10.1. The van der Waals surface area contributed by atoms with Gasteiger partial charge in [-0.25, -0.2) is 0 Å². The summed E-state index contributed by atoms with van der Waals surface area (Å²) in [6.45, 7) is 5.02. The van der Waals surface area contributed by atoms with E-state index < -0.39 is 4.92 Å². The third-order valence-electron chi connectivity index (χ3n) is 2.27. The first-order chi connectivity index (χ1) is 8.59. The summed E-state index contributed by atoms with van der Waals surface area (Å²) in [4.78, 5) is 15.2. The SMILES string of the molecule is CC(C)NCCOc1nc2sccn2c1[N+](=O)[O-]. The number of ether oxygens (including phenoxy) is 1. The summed E-state index contributed by atoms with van der Waals surface area (Å²) in [5.74, 6) is -0.0341. The van der Waals surface area contributed by atoms with Crippen LogP contribution in [0.25, 0.3) is 4.96 Å². The minimum atomic E-state index is -0.474. The van der Waals surface area contributed by atoms with Crippen molar-refractivity contribution in [3.05, 3.63) is 21.7 Å². The van der Waals surface area contributed by atoms with Gasteiger partial charge in [-0.1, -0.05) is 25.2 Å². The third-order valence-corrected chi connectivity index (χ3v) is 3.03. The Morgan fingerprint density at radius 3 is 3.11 bits per heavy atom. The second-order valence-electron chi connectivity index (χ2n) is 4.01. The monoisotopic (exact) mass is 270 g/mol. The highest BCUT2D eigenvalue weighted by atomic mass is 32.1. The van der Waals surface area contributed by atoms with Gasteiger partial charge < -0.3 is 20.2 Å². The van der Waals surface area contributed by atoms with E-state index in [2.05, 4.69) is 10.3 Å². The number of hydrogen-bond donors (Lipinski definition) is 1. The fraction of sp³-hybridized carbons (Fsp3) is 0.500.